The van der Waals surface area contributed by atoms with Gasteiger partial charge in [-0.2, -0.15) is 0 Å². The molecule has 1 saturated heterocycles. The summed E-state index contributed by atoms with van der Waals surface area (Å²) in [4.78, 5) is 35.5. The minimum atomic E-state index is -2.97. The van der Waals surface area contributed by atoms with Gasteiger partial charge in [0.15, 0.2) is 5.78 Å². The van der Waals surface area contributed by atoms with Gasteiger partial charge in [-0.3, -0.25) is 14.5 Å². The largest absolute Gasteiger partial charge is 0.362 e. The minimum absolute atomic E-state index is 0.0655. The maximum atomic E-state index is 13.8. The van der Waals surface area contributed by atoms with Crippen molar-refractivity contribution in [3.05, 3.63) is 64.8 Å². The molecule has 36 heavy (non-hydrogen) atoms. The molecule has 3 heterocycles. The highest BCUT2D eigenvalue weighted by Gasteiger charge is 2.35. The van der Waals surface area contributed by atoms with Crippen LogP contribution >= 0.6 is 0 Å². The fraction of sp³-hybridized carbons (Fsp3) is 0.481. The number of hydrogen-bond acceptors (Lipinski definition) is 6. The second-order valence-electron chi connectivity index (χ2n) is 10.2. The maximum Gasteiger partial charge on any atom is 0.270 e. The Balaban J connectivity index is 1.09. The third kappa shape index (κ3) is 5.31. The summed E-state index contributed by atoms with van der Waals surface area (Å²) < 4.78 is 29.4. The number of benzene rings is 1. The van der Waals surface area contributed by atoms with E-state index >= 15 is 0 Å². The zero-order valence-electron chi connectivity index (χ0n) is 20.4. The monoisotopic (exact) mass is 495 g/mol. The van der Waals surface area contributed by atoms with Crippen LogP contribution in [-0.4, -0.2) is 50.9 Å². The number of aromatic nitrogens is 3. The summed E-state index contributed by atoms with van der Waals surface area (Å²) in [6, 6.07) is 10.4. The maximum absolute atomic E-state index is 13.8. The van der Waals surface area contributed by atoms with Crippen LogP contribution in [0.5, 0.6) is 0 Å². The first-order valence-electron chi connectivity index (χ1n) is 12.6. The van der Waals surface area contributed by atoms with Gasteiger partial charge >= 0.3 is 0 Å². The van der Waals surface area contributed by atoms with Crippen molar-refractivity contribution in [1.82, 2.24) is 19.4 Å². The van der Waals surface area contributed by atoms with Gasteiger partial charge in [-0.15, -0.1) is 0 Å². The fourth-order valence-electron chi connectivity index (χ4n) is 5.53. The Kier molecular flexibility index (Phi) is 6.83. The minimum Gasteiger partial charge on any atom is -0.362 e. The number of ketones is 1. The molecule has 7 nitrogen and oxygen atoms in total. The van der Waals surface area contributed by atoms with Crippen LogP contribution in [0, 0.1) is 5.92 Å². The average Bonchev–Trinajstić information content (AvgIpc) is 2.84. The molecule has 1 aliphatic heterocycles. The van der Waals surface area contributed by atoms with Crippen LogP contribution in [0.15, 0.2) is 53.7 Å². The standard InChI is InChI=1S/C27H31F2N5O2/c1-27(28,29)19-5-10-24-23(13-19)26(32-17-31-24)30-14-22(35)12-18-15-33(16-18)20-6-8-21(9-7-20)34-11-3-2-4-25(34)36/h2-5,10-11,13,17-18,20-21H,6-9,12,14-16H2,1H3,(H,30,31,32). The van der Waals surface area contributed by atoms with Gasteiger partial charge in [-0.1, -0.05) is 12.1 Å². The van der Waals surface area contributed by atoms with E-state index in [1.807, 2.05) is 16.8 Å². The van der Waals surface area contributed by atoms with Crippen molar-refractivity contribution in [2.75, 3.05) is 25.0 Å². The number of nitrogens with zero attached hydrogens (tertiary/aromatic N) is 4. The molecule has 190 valence electrons. The Morgan fingerprint density at radius 3 is 2.56 bits per heavy atom. The first-order chi connectivity index (χ1) is 17.3. The lowest BCUT2D eigenvalue weighted by molar-refractivity contribution is -0.120. The predicted octanol–water partition coefficient (Wildman–Crippen LogP) is 4.39. The summed E-state index contributed by atoms with van der Waals surface area (Å²) in [5.74, 6) is -2.16. The number of halogens is 2. The first-order valence-corrected chi connectivity index (χ1v) is 12.6. The molecule has 3 aromatic rings. The normalized spacial score (nSPS) is 21.3. The van der Waals surface area contributed by atoms with E-state index in [2.05, 4.69) is 20.2 Å². The number of anilines is 1. The summed E-state index contributed by atoms with van der Waals surface area (Å²) in [6.07, 6.45) is 7.86. The second kappa shape index (κ2) is 10.0. The molecule has 0 radical (unpaired) electrons. The van der Waals surface area contributed by atoms with Crippen molar-refractivity contribution in [3.63, 3.8) is 0 Å². The van der Waals surface area contributed by atoms with Gasteiger partial charge < -0.3 is 9.88 Å². The van der Waals surface area contributed by atoms with E-state index in [9.17, 15) is 18.4 Å². The average molecular weight is 496 g/mol. The number of likely N-dealkylation sites (tertiary alicyclic amines) is 1. The number of alkyl halides is 2. The molecule has 1 aromatic carbocycles. The van der Waals surface area contributed by atoms with Crippen molar-refractivity contribution in [3.8, 4) is 0 Å². The Bertz CT molecular complexity index is 1290. The van der Waals surface area contributed by atoms with Crippen LogP contribution in [0.1, 0.15) is 50.6 Å². The van der Waals surface area contributed by atoms with Gasteiger partial charge in [0.05, 0.1) is 12.1 Å². The molecule has 5 rings (SSSR count). The highest BCUT2D eigenvalue weighted by molar-refractivity contribution is 5.91. The first kappa shape index (κ1) is 24.5. The Morgan fingerprint density at radius 1 is 1.08 bits per heavy atom. The van der Waals surface area contributed by atoms with Crippen LogP contribution in [0.4, 0.5) is 14.6 Å². The second-order valence-corrected chi connectivity index (χ2v) is 10.2. The van der Waals surface area contributed by atoms with Gasteiger partial charge in [0.25, 0.3) is 11.5 Å². The van der Waals surface area contributed by atoms with Crippen LogP contribution in [-0.2, 0) is 10.7 Å². The fourth-order valence-corrected chi connectivity index (χ4v) is 5.53. The van der Waals surface area contributed by atoms with E-state index < -0.39 is 5.92 Å². The smallest absolute Gasteiger partial charge is 0.270 e. The highest BCUT2D eigenvalue weighted by Crippen LogP contribution is 2.34. The summed E-state index contributed by atoms with van der Waals surface area (Å²) >= 11 is 0. The third-order valence-corrected chi connectivity index (χ3v) is 7.52. The van der Waals surface area contributed by atoms with Crippen molar-refractivity contribution >= 4 is 22.5 Å². The zero-order chi connectivity index (χ0) is 25.3. The number of rotatable bonds is 8. The number of carbonyl (C=O) groups is 1. The topological polar surface area (TPSA) is 80.1 Å². The van der Waals surface area contributed by atoms with E-state index in [0.29, 0.717) is 35.1 Å². The Labute approximate surface area is 208 Å². The Hall–Kier alpha value is -3.20. The molecule has 1 aliphatic carbocycles. The molecule has 2 aliphatic rings. The lowest BCUT2D eigenvalue weighted by Crippen LogP contribution is -2.53. The summed E-state index contributed by atoms with van der Waals surface area (Å²) in [7, 11) is 0. The summed E-state index contributed by atoms with van der Waals surface area (Å²) in [6.45, 7) is 2.79. The molecule has 1 N–H and O–H groups in total. The lowest BCUT2D eigenvalue weighted by Gasteiger charge is -2.46. The van der Waals surface area contributed by atoms with Crippen LogP contribution in [0.25, 0.3) is 10.9 Å². The molecule has 0 atom stereocenters. The molecule has 9 heteroatoms. The SMILES string of the molecule is CC(F)(F)c1ccc2ncnc(NCC(=O)CC3CN(C4CCC(n5ccccc5=O)CC4)C3)c2c1. The van der Waals surface area contributed by atoms with Gasteiger partial charge in [0.2, 0.25) is 0 Å². The summed E-state index contributed by atoms with van der Waals surface area (Å²) in [5, 5.41) is 3.51. The lowest BCUT2D eigenvalue weighted by atomic mass is 9.85. The van der Waals surface area contributed by atoms with E-state index in [4.69, 9.17) is 0 Å². The van der Waals surface area contributed by atoms with Crippen molar-refractivity contribution < 1.29 is 13.6 Å². The van der Waals surface area contributed by atoms with Crippen LogP contribution < -0.4 is 10.9 Å². The quantitative estimate of drug-likeness (QED) is 0.499. The van der Waals surface area contributed by atoms with E-state index in [-0.39, 0.29) is 29.5 Å². The van der Waals surface area contributed by atoms with Gasteiger partial charge in [-0.05, 0) is 49.8 Å². The molecular weight excluding hydrogens is 464 g/mol. The van der Waals surface area contributed by atoms with Gasteiger partial charge in [0.1, 0.15) is 12.1 Å². The number of carbonyl (C=O) groups excluding carboxylic acids is 1. The molecule has 2 aromatic heterocycles. The number of Topliss-reactive ketones (excluding diaryl/α,β-unsaturated/α-hetero) is 1. The van der Waals surface area contributed by atoms with Crippen LogP contribution in [0.2, 0.25) is 0 Å². The van der Waals surface area contributed by atoms with E-state index in [0.717, 1.165) is 45.7 Å². The number of fused-ring (bicyclic) bond motifs is 1. The molecule has 0 bridgehead atoms. The van der Waals surface area contributed by atoms with Gasteiger partial charge in [-0.25, -0.2) is 18.7 Å². The van der Waals surface area contributed by atoms with Crippen molar-refractivity contribution in [2.24, 2.45) is 5.92 Å². The molecule has 2 fully saturated rings. The molecular formula is C27H31F2N5O2. The number of hydrogen-bond donors (Lipinski definition) is 1. The number of nitrogens with one attached hydrogen (secondary N) is 1. The highest BCUT2D eigenvalue weighted by atomic mass is 19.3. The molecule has 0 spiro atoms. The van der Waals surface area contributed by atoms with Gasteiger partial charge in [0, 0.05) is 61.7 Å². The van der Waals surface area contributed by atoms with E-state index in [1.54, 1.807) is 18.2 Å². The van der Waals surface area contributed by atoms with Crippen molar-refractivity contribution in [2.45, 2.75) is 57.0 Å². The number of pyridine rings is 1. The zero-order valence-corrected chi connectivity index (χ0v) is 20.4. The molecule has 0 unspecified atom stereocenters. The predicted molar refractivity (Wildman–Crippen MR) is 134 cm³/mol. The molecule has 1 saturated carbocycles. The molecule has 0 amide bonds. The van der Waals surface area contributed by atoms with Crippen molar-refractivity contribution in [1.29, 1.82) is 0 Å². The summed E-state index contributed by atoms with van der Waals surface area (Å²) in [5.41, 5.74) is 0.504. The Morgan fingerprint density at radius 2 is 1.83 bits per heavy atom. The van der Waals surface area contributed by atoms with E-state index in [1.165, 1.54) is 18.5 Å². The van der Waals surface area contributed by atoms with Crippen LogP contribution in [0.3, 0.4) is 0 Å². The third-order valence-electron chi connectivity index (χ3n) is 7.52.